The van der Waals surface area contributed by atoms with Crippen LogP contribution < -0.4 is 0 Å². The third-order valence-corrected chi connectivity index (χ3v) is 2.48. The lowest BCUT2D eigenvalue weighted by Crippen LogP contribution is -1.85. The van der Waals surface area contributed by atoms with Crippen molar-refractivity contribution < 1.29 is 0 Å². The maximum Gasteiger partial charge on any atom is 0.128 e. The summed E-state index contributed by atoms with van der Waals surface area (Å²) in [7, 11) is 0. The lowest BCUT2D eigenvalue weighted by molar-refractivity contribution is 1.09. The second kappa shape index (κ2) is 2.30. The second-order valence-corrected chi connectivity index (χ2v) is 3.30. The molecule has 2 rings (SSSR count). The Morgan fingerprint density at radius 1 is 1.50 bits per heavy atom. The molecule has 0 N–H and O–H groups in total. The molecule has 1 unspecified atom stereocenters. The Labute approximate surface area is 72.5 Å². The van der Waals surface area contributed by atoms with Crippen LogP contribution in [0.5, 0.6) is 0 Å². The molecule has 0 spiro atoms. The summed E-state index contributed by atoms with van der Waals surface area (Å²) < 4.78 is 0.279. The number of aromatic nitrogens is 1. The van der Waals surface area contributed by atoms with Crippen molar-refractivity contribution in [3.05, 3.63) is 29.6 Å². The molecule has 0 aliphatic carbocycles. The van der Waals surface area contributed by atoms with Gasteiger partial charge < -0.3 is 0 Å². The van der Waals surface area contributed by atoms with E-state index in [4.69, 9.17) is 0 Å². The van der Waals surface area contributed by atoms with Crippen molar-refractivity contribution in [1.82, 2.24) is 4.98 Å². The zero-order valence-corrected chi connectivity index (χ0v) is 7.32. The van der Waals surface area contributed by atoms with Crippen LogP contribution in [0, 0.1) is 0 Å². The van der Waals surface area contributed by atoms with Crippen LogP contribution in [-0.4, -0.2) is 11.2 Å². The second-order valence-electron chi connectivity index (χ2n) is 2.12. The number of aliphatic imine (C=N–C) groups is 1. The largest absolute Gasteiger partial charge is 0.274 e. The lowest BCUT2D eigenvalue weighted by Gasteiger charge is -1.97. The number of alkyl halides is 1. The van der Waals surface area contributed by atoms with Gasteiger partial charge in [0.15, 0.2) is 0 Å². The lowest BCUT2D eigenvalue weighted by atomic mass is 10.2. The number of hydrogen-bond acceptors (Lipinski definition) is 2. The molecule has 0 saturated carbocycles. The van der Waals surface area contributed by atoms with Crippen LogP contribution in [0.3, 0.4) is 0 Å². The monoisotopic (exact) mass is 244 g/mol. The van der Waals surface area contributed by atoms with Crippen LogP contribution in [-0.2, 0) is 0 Å². The van der Waals surface area contributed by atoms with Crippen molar-refractivity contribution in [3.63, 3.8) is 0 Å². The first-order chi connectivity index (χ1) is 4.88. The quantitative estimate of drug-likeness (QED) is 0.389. The molecule has 10 heavy (non-hydrogen) atoms. The first-order valence-corrected chi connectivity index (χ1v) is 4.23. The van der Waals surface area contributed by atoms with Crippen LogP contribution >= 0.6 is 22.6 Å². The van der Waals surface area contributed by atoms with Crippen molar-refractivity contribution in [3.8, 4) is 0 Å². The fraction of sp³-hybridized carbons (Fsp3) is 0.143. The van der Waals surface area contributed by atoms with Crippen LogP contribution in [0.25, 0.3) is 0 Å². The van der Waals surface area contributed by atoms with Crippen LogP contribution in [0.15, 0.2) is 23.5 Å². The molecular weight excluding hydrogens is 239 g/mol. The Balaban J connectivity index is 2.59. The van der Waals surface area contributed by atoms with Gasteiger partial charge in [-0.3, -0.25) is 9.98 Å². The van der Waals surface area contributed by atoms with Gasteiger partial charge in [0, 0.05) is 29.7 Å². The van der Waals surface area contributed by atoms with E-state index in [0.29, 0.717) is 0 Å². The van der Waals surface area contributed by atoms with Gasteiger partial charge in [0.2, 0.25) is 0 Å². The number of nitrogens with zero attached hydrogens (tertiary/aromatic N) is 2. The van der Waals surface area contributed by atoms with E-state index < -0.39 is 0 Å². The summed E-state index contributed by atoms with van der Waals surface area (Å²) in [6, 6.07) is 1.98. The molecule has 0 amide bonds. The third kappa shape index (κ3) is 0.847. The van der Waals surface area contributed by atoms with Gasteiger partial charge in [-0.25, -0.2) is 0 Å². The SMILES string of the molecule is IC1N=Cc2ccncc21. The summed E-state index contributed by atoms with van der Waals surface area (Å²) in [6.45, 7) is 0. The zero-order chi connectivity index (χ0) is 6.97. The minimum atomic E-state index is 0.279. The number of hydrogen-bond donors (Lipinski definition) is 0. The van der Waals surface area contributed by atoms with Crippen molar-refractivity contribution in [1.29, 1.82) is 0 Å². The van der Waals surface area contributed by atoms with E-state index in [0.717, 1.165) is 0 Å². The third-order valence-electron chi connectivity index (χ3n) is 1.49. The van der Waals surface area contributed by atoms with Gasteiger partial charge in [-0.2, -0.15) is 0 Å². The fourth-order valence-electron chi connectivity index (χ4n) is 0.960. The van der Waals surface area contributed by atoms with Crippen molar-refractivity contribution in [2.75, 3.05) is 0 Å². The first-order valence-electron chi connectivity index (χ1n) is 2.99. The van der Waals surface area contributed by atoms with Gasteiger partial charge in [0.25, 0.3) is 0 Å². The van der Waals surface area contributed by atoms with E-state index in [2.05, 4.69) is 32.6 Å². The van der Waals surface area contributed by atoms with Crippen molar-refractivity contribution in [2.24, 2.45) is 4.99 Å². The van der Waals surface area contributed by atoms with E-state index in [-0.39, 0.29) is 4.05 Å². The van der Waals surface area contributed by atoms with E-state index in [1.165, 1.54) is 11.1 Å². The highest BCUT2D eigenvalue weighted by atomic mass is 127. The van der Waals surface area contributed by atoms with Gasteiger partial charge in [0.05, 0.1) is 0 Å². The molecular formula is C7H5IN2. The van der Waals surface area contributed by atoms with Gasteiger partial charge in [0.1, 0.15) is 4.05 Å². The van der Waals surface area contributed by atoms with Crippen LogP contribution in [0.1, 0.15) is 15.2 Å². The zero-order valence-electron chi connectivity index (χ0n) is 5.16. The first kappa shape index (κ1) is 6.27. The molecule has 1 aliphatic rings. The van der Waals surface area contributed by atoms with Crippen molar-refractivity contribution in [2.45, 2.75) is 4.05 Å². The molecule has 1 aromatic rings. The van der Waals surface area contributed by atoms with Crippen molar-refractivity contribution >= 4 is 28.8 Å². The van der Waals surface area contributed by atoms with E-state index in [1.54, 1.807) is 6.20 Å². The van der Waals surface area contributed by atoms with Gasteiger partial charge >= 0.3 is 0 Å². The number of rotatable bonds is 0. The maximum atomic E-state index is 4.23. The smallest absolute Gasteiger partial charge is 0.128 e. The average molecular weight is 244 g/mol. The topological polar surface area (TPSA) is 25.2 Å². The fourth-order valence-corrected chi connectivity index (χ4v) is 1.64. The molecule has 0 saturated heterocycles. The Bertz CT molecular complexity index is 283. The molecule has 50 valence electrons. The van der Waals surface area contributed by atoms with Gasteiger partial charge in [-0.1, -0.05) is 22.6 Å². The average Bonchev–Trinajstić information content (AvgIpc) is 2.34. The molecule has 1 aromatic heterocycles. The summed E-state index contributed by atoms with van der Waals surface area (Å²) in [4.78, 5) is 8.25. The number of fused-ring (bicyclic) bond motifs is 1. The Kier molecular flexibility index (Phi) is 1.44. The standard InChI is InChI=1S/C7H5IN2/c8-7-6-4-9-2-1-5(6)3-10-7/h1-4,7H. The minimum absolute atomic E-state index is 0.279. The number of pyridine rings is 1. The predicted molar refractivity (Wildman–Crippen MR) is 48.6 cm³/mol. The molecule has 1 atom stereocenters. The van der Waals surface area contributed by atoms with Gasteiger partial charge in [-0.05, 0) is 6.07 Å². The minimum Gasteiger partial charge on any atom is -0.274 e. The summed E-state index contributed by atoms with van der Waals surface area (Å²) in [6.07, 6.45) is 5.56. The molecule has 0 aromatic carbocycles. The normalized spacial score (nSPS) is 21.1. The van der Waals surface area contributed by atoms with Crippen LogP contribution in [0.4, 0.5) is 0 Å². The molecule has 3 heteroatoms. The Morgan fingerprint density at radius 2 is 2.40 bits per heavy atom. The van der Waals surface area contributed by atoms with Gasteiger partial charge in [-0.15, -0.1) is 0 Å². The Morgan fingerprint density at radius 3 is 3.20 bits per heavy atom. The molecule has 0 fully saturated rings. The Hall–Kier alpha value is -0.450. The highest BCUT2D eigenvalue weighted by Gasteiger charge is 2.13. The number of halogens is 1. The molecule has 0 radical (unpaired) electrons. The highest BCUT2D eigenvalue weighted by molar-refractivity contribution is 14.1. The summed E-state index contributed by atoms with van der Waals surface area (Å²) in [5, 5.41) is 0. The van der Waals surface area contributed by atoms with Crippen LogP contribution in [0.2, 0.25) is 0 Å². The molecule has 2 nitrogen and oxygen atoms in total. The molecule has 1 aliphatic heterocycles. The van der Waals surface area contributed by atoms with E-state index >= 15 is 0 Å². The van der Waals surface area contributed by atoms with E-state index in [9.17, 15) is 0 Å². The molecule has 2 heterocycles. The highest BCUT2D eigenvalue weighted by Crippen LogP contribution is 2.30. The maximum absolute atomic E-state index is 4.23. The van der Waals surface area contributed by atoms with E-state index in [1.807, 2.05) is 18.5 Å². The predicted octanol–water partition coefficient (Wildman–Crippen LogP) is 1.95. The molecule has 0 bridgehead atoms. The summed E-state index contributed by atoms with van der Waals surface area (Å²) >= 11 is 2.29. The summed E-state index contributed by atoms with van der Waals surface area (Å²) in [5.41, 5.74) is 2.43. The summed E-state index contributed by atoms with van der Waals surface area (Å²) in [5.74, 6) is 0.